The van der Waals surface area contributed by atoms with E-state index in [1.165, 1.54) is 0 Å². The fraction of sp³-hybridized carbons (Fsp3) is 0.242. The van der Waals surface area contributed by atoms with Crippen LogP contribution in [0.25, 0.3) is 11.1 Å². The molecule has 38 heavy (non-hydrogen) atoms. The van der Waals surface area contributed by atoms with Crippen molar-refractivity contribution in [1.29, 1.82) is 10.5 Å². The Morgan fingerprint density at radius 3 is 2.29 bits per heavy atom. The van der Waals surface area contributed by atoms with E-state index in [0.29, 0.717) is 10.6 Å². The number of hydrogen-bond donors (Lipinski definition) is 1. The van der Waals surface area contributed by atoms with Crippen LogP contribution in [-0.2, 0) is 6.42 Å². The molecule has 3 atom stereocenters. The van der Waals surface area contributed by atoms with E-state index >= 15 is 0 Å². The fourth-order valence-corrected chi connectivity index (χ4v) is 5.02. The highest BCUT2D eigenvalue weighted by molar-refractivity contribution is 6.30. The molecule has 0 saturated carbocycles. The minimum atomic E-state index is -0.679. The minimum absolute atomic E-state index is 0.0145. The third-order valence-corrected chi connectivity index (χ3v) is 7.32. The van der Waals surface area contributed by atoms with Crippen LogP contribution in [0.1, 0.15) is 55.0 Å². The van der Waals surface area contributed by atoms with Crippen LogP contribution in [0.2, 0.25) is 5.02 Å². The summed E-state index contributed by atoms with van der Waals surface area (Å²) < 4.78 is 0. The van der Waals surface area contributed by atoms with Crippen molar-refractivity contribution >= 4 is 11.6 Å². The first-order valence-corrected chi connectivity index (χ1v) is 13.1. The number of hydrogen-bond acceptors (Lipinski definition) is 4. The molecule has 1 N–H and O–H groups in total. The molecule has 190 valence electrons. The zero-order chi connectivity index (χ0) is 27.1. The minimum Gasteiger partial charge on any atom is -0.305 e. The fourth-order valence-electron chi connectivity index (χ4n) is 4.89. The van der Waals surface area contributed by atoms with Gasteiger partial charge in [0.2, 0.25) is 0 Å². The Kier molecular flexibility index (Phi) is 8.59. The predicted molar refractivity (Wildman–Crippen MR) is 153 cm³/mol. The topological polar surface area (TPSA) is 72.5 Å². The van der Waals surface area contributed by atoms with Crippen LogP contribution in [0.4, 0.5) is 0 Å². The summed E-state index contributed by atoms with van der Waals surface area (Å²) in [5.41, 5.74) is 5.32. The Morgan fingerprint density at radius 2 is 1.61 bits per heavy atom. The standard InChI is InChI=1S/C33H31ClN4/c1-23(31(18-24-12-14-30(34)15-13-24)27-9-4-7-25(17-27)20-35)38-32(33(2,3)22-36)28-10-5-8-26(19-28)29-11-6-16-37-21-29/h4-17,19,21,23,31-32,38H,18H2,1-3H3/t23?,31?,32-/m0/s1. The number of rotatable bonds is 9. The summed E-state index contributed by atoms with van der Waals surface area (Å²) >= 11 is 6.14. The van der Waals surface area contributed by atoms with Gasteiger partial charge in [-0.15, -0.1) is 0 Å². The van der Waals surface area contributed by atoms with Gasteiger partial charge in [0, 0.05) is 29.4 Å². The van der Waals surface area contributed by atoms with Gasteiger partial charge in [0.1, 0.15) is 0 Å². The number of nitriles is 2. The van der Waals surface area contributed by atoms with Crippen LogP contribution in [0.3, 0.4) is 0 Å². The van der Waals surface area contributed by atoms with Gasteiger partial charge in [-0.25, -0.2) is 0 Å². The van der Waals surface area contributed by atoms with E-state index in [1.807, 2.05) is 80.7 Å². The molecule has 2 unspecified atom stereocenters. The van der Waals surface area contributed by atoms with Gasteiger partial charge < -0.3 is 5.32 Å². The van der Waals surface area contributed by atoms with Crippen molar-refractivity contribution < 1.29 is 0 Å². The Labute approximate surface area is 230 Å². The molecule has 0 fully saturated rings. The lowest BCUT2D eigenvalue weighted by Crippen LogP contribution is -2.42. The van der Waals surface area contributed by atoms with Crippen molar-refractivity contribution in [3.05, 3.63) is 125 Å². The van der Waals surface area contributed by atoms with Gasteiger partial charge in [-0.1, -0.05) is 60.1 Å². The Balaban J connectivity index is 1.71. The van der Waals surface area contributed by atoms with E-state index in [9.17, 15) is 10.5 Å². The molecule has 4 aromatic rings. The summed E-state index contributed by atoms with van der Waals surface area (Å²) in [6.45, 7) is 6.10. The number of nitrogens with one attached hydrogen (secondary N) is 1. The molecule has 0 saturated heterocycles. The summed E-state index contributed by atoms with van der Waals surface area (Å²) in [5, 5.41) is 24.2. The monoisotopic (exact) mass is 518 g/mol. The van der Waals surface area contributed by atoms with E-state index in [2.05, 4.69) is 53.6 Å². The summed E-state index contributed by atoms with van der Waals surface area (Å²) in [6.07, 6.45) is 4.37. The van der Waals surface area contributed by atoms with Crippen molar-refractivity contribution in [1.82, 2.24) is 10.3 Å². The van der Waals surface area contributed by atoms with Crippen molar-refractivity contribution in [2.45, 2.75) is 45.2 Å². The molecule has 1 heterocycles. The molecule has 0 aliphatic rings. The number of aromatic nitrogens is 1. The third kappa shape index (κ3) is 6.48. The molecule has 0 spiro atoms. The molecular formula is C33H31ClN4. The first-order valence-electron chi connectivity index (χ1n) is 12.7. The van der Waals surface area contributed by atoms with Crippen molar-refractivity contribution in [3.63, 3.8) is 0 Å². The van der Waals surface area contributed by atoms with Gasteiger partial charge in [0.25, 0.3) is 0 Å². The van der Waals surface area contributed by atoms with E-state index in [4.69, 9.17) is 11.6 Å². The number of benzene rings is 3. The second kappa shape index (κ2) is 12.1. The first-order chi connectivity index (χ1) is 18.3. The third-order valence-electron chi connectivity index (χ3n) is 7.07. The molecule has 1 aromatic heterocycles. The Morgan fingerprint density at radius 1 is 0.895 bits per heavy atom. The lowest BCUT2D eigenvalue weighted by molar-refractivity contribution is 0.281. The quantitative estimate of drug-likeness (QED) is 0.244. The lowest BCUT2D eigenvalue weighted by atomic mass is 9.79. The average molecular weight is 519 g/mol. The molecule has 0 aliphatic carbocycles. The number of pyridine rings is 1. The molecule has 4 nitrogen and oxygen atoms in total. The molecular weight excluding hydrogens is 488 g/mol. The Bertz CT molecular complexity index is 1450. The molecule has 0 amide bonds. The second-order valence-corrected chi connectivity index (χ2v) is 10.7. The summed E-state index contributed by atoms with van der Waals surface area (Å²) in [6, 6.07) is 32.5. The van der Waals surface area contributed by atoms with Crippen LogP contribution in [0.5, 0.6) is 0 Å². The molecule has 4 rings (SSSR count). The molecule has 5 heteroatoms. The van der Waals surface area contributed by atoms with Crippen molar-refractivity contribution in [2.75, 3.05) is 0 Å². The Hall–Kier alpha value is -3.96. The van der Waals surface area contributed by atoms with E-state index in [-0.39, 0.29) is 18.0 Å². The maximum atomic E-state index is 10.2. The van der Waals surface area contributed by atoms with Crippen molar-refractivity contribution in [2.24, 2.45) is 5.41 Å². The van der Waals surface area contributed by atoms with E-state index in [0.717, 1.165) is 34.2 Å². The van der Waals surface area contributed by atoms with Crippen LogP contribution in [0, 0.1) is 28.1 Å². The van der Waals surface area contributed by atoms with Crippen molar-refractivity contribution in [3.8, 4) is 23.3 Å². The summed E-state index contributed by atoms with van der Waals surface area (Å²) in [5.74, 6) is 0.0583. The highest BCUT2D eigenvalue weighted by Crippen LogP contribution is 2.37. The van der Waals surface area contributed by atoms with Crippen LogP contribution >= 0.6 is 11.6 Å². The zero-order valence-corrected chi connectivity index (χ0v) is 22.7. The first kappa shape index (κ1) is 27.1. The lowest BCUT2D eigenvalue weighted by Gasteiger charge is -2.36. The maximum absolute atomic E-state index is 10.2. The van der Waals surface area contributed by atoms with E-state index < -0.39 is 5.41 Å². The molecule has 0 aliphatic heterocycles. The molecule has 3 aromatic carbocycles. The van der Waals surface area contributed by atoms with E-state index in [1.54, 1.807) is 6.20 Å². The smallest absolute Gasteiger partial charge is 0.0991 e. The average Bonchev–Trinajstić information content (AvgIpc) is 2.96. The number of nitrogens with zero attached hydrogens (tertiary/aromatic N) is 3. The molecule has 0 bridgehead atoms. The van der Waals surface area contributed by atoms with Gasteiger partial charge >= 0.3 is 0 Å². The van der Waals surface area contributed by atoms with Crippen LogP contribution in [-0.4, -0.2) is 11.0 Å². The largest absolute Gasteiger partial charge is 0.305 e. The van der Waals surface area contributed by atoms with Crippen LogP contribution in [0.15, 0.2) is 97.3 Å². The highest BCUT2D eigenvalue weighted by Gasteiger charge is 2.34. The van der Waals surface area contributed by atoms with Gasteiger partial charge in [-0.05, 0) is 91.4 Å². The number of halogens is 1. The zero-order valence-electron chi connectivity index (χ0n) is 21.9. The van der Waals surface area contributed by atoms with Crippen LogP contribution < -0.4 is 5.32 Å². The normalized spacial score (nSPS) is 13.6. The van der Waals surface area contributed by atoms with Gasteiger partial charge in [-0.3, -0.25) is 4.98 Å². The summed E-state index contributed by atoms with van der Waals surface area (Å²) in [4.78, 5) is 4.27. The predicted octanol–water partition coefficient (Wildman–Crippen LogP) is 7.87. The van der Waals surface area contributed by atoms with Gasteiger partial charge in [0.05, 0.1) is 29.2 Å². The van der Waals surface area contributed by atoms with Gasteiger partial charge in [0.15, 0.2) is 0 Å². The molecule has 0 radical (unpaired) electrons. The second-order valence-electron chi connectivity index (χ2n) is 10.3. The summed E-state index contributed by atoms with van der Waals surface area (Å²) in [7, 11) is 0. The highest BCUT2D eigenvalue weighted by atomic mass is 35.5. The SMILES string of the molecule is CC(N[C@@H](c1cccc(-c2cccnc2)c1)C(C)(C)C#N)C(Cc1ccc(Cl)cc1)c1cccc(C#N)c1. The van der Waals surface area contributed by atoms with Gasteiger partial charge in [-0.2, -0.15) is 10.5 Å². The maximum Gasteiger partial charge on any atom is 0.0991 e.